The molecular weight excluding hydrogens is 378 g/mol. The number of nitrogens with zero attached hydrogens (tertiary/aromatic N) is 2. The summed E-state index contributed by atoms with van der Waals surface area (Å²) in [5, 5.41) is 6.35. The van der Waals surface area contributed by atoms with Gasteiger partial charge in [-0.05, 0) is 12.1 Å². The third-order valence-corrected chi connectivity index (χ3v) is 4.14. The van der Waals surface area contributed by atoms with Crippen molar-refractivity contribution in [2.45, 2.75) is 0 Å². The van der Waals surface area contributed by atoms with Gasteiger partial charge in [0.05, 0.1) is 11.1 Å². The van der Waals surface area contributed by atoms with Crippen LogP contribution in [0.15, 0.2) is 65.2 Å². The summed E-state index contributed by atoms with van der Waals surface area (Å²) in [7, 11) is 0. The normalized spacial score (nSPS) is 12.6. The molecule has 9 heteroatoms. The molecule has 9 nitrogen and oxygen atoms in total. The van der Waals surface area contributed by atoms with Gasteiger partial charge in [0.1, 0.15) is 6.54 Å². The number of rotatable bonds is 5. The Morgan fingerprint density at radius 3 is 2.24 bits per heavy atom. The quantitative estimate of drug-likeness (QED) is 0.659. The van der Waals surface area contributed by atoms with Gasteiger partial charge in [-0.25, -0.2) is 4.79 Å². The van der Waals surface area contributed by atoms with Crippen molar-refractivity contribution in [3.63, 3.8) is 0 Å². The van der Waals surface area contributed by atoms with Crippen LogP contribution in [0.3, 0.4) is 0 Å². The maximum Gasteiger partial charge on any atom is 0.352 e. The molecule has 0 unspecified atom stereocenters. The molecule has 3 amide bonds. The maximum absolute atomic E-state index is 12.2. The van der Waals surface area contributed by atoms with Gasteiger partial charge in [0.25, 0.3) is 17.7 Å². The lowest BCUT2D eigenvalue weighted by atomic mass is 10.1. The van der Waals surface area contributed by atoms with Crippen molar-refractivity contribution in [1.82, 2.24) is 15.5 Å². The number of hydrogen-bond acceptors (Lipinski definition) is 7. The molecule has 1 aromatic heterocycles. The first kappa shape index (κ1) is 18.1. The lowest BCUT2D eigenvalue weighted by Gasteiger charge is -2.12. The second-order valence-corrected chi connectivity index (χ2v) is 6.04. The van der Waals surface area contributed by atoms with Gasteiger partial charge >= 0.3 is 5.97 Å². The summed E-state index contributed by atoms with van der Waals surface area (Å²) in [4.78, 5) is 53.3. The molecule has 29 heavy (non-hydrogen) atoms. The summed E-state index contributed by atoms with van der Waals surface area (Å²) in [5.41, 5.74) is 0.997. The lowest BCUT2D eigenvalue weighted by Crippen LogP contribution is -2.38. The molecule has 0 bridgehead atoms. The van der Waals surface area contributed by atoms with Crippen molar-refractivity contribution < 1.29 is 28.5 Å². The summed E-state index contributed by atoms with van der Waals surface area (Å²) in [5.74, 6) is -2.75. The minimum Gasteiger partial charge on any atom is -0.355 e. The number of hydrogen-bond donors (Lipinski definition) is 1. The predicted octanol–water partition coefficient (Wildman–Crippen LogP) is 1.83. The number of fused-ring (bicyclic) bond motifs is 1. The highest BCUT2D eigenvalue weighted by Crippen LogP contribution is 2.22. The molecule has 1 aliphatic heterocycles. The van der Waals surface area contributed by atoms with E-state index in [2.05, 4.69) is 10.5 Å². The minimum atomic E-state index is -0.986. The molecule has 3 aromatic rings. The Bertz CT molecular complexity index is 1090. The first-order valence-corrected chi connectivity index (χ1v) is 8.53. The molecule has 0 saturated heterocycles. The Morgan fingerprint density at radius 2 is 1.59 bits per heavy atom. The van der Waals surface area contributed by atoms with Crippen molar-refractivity contribution in [3.05, 3.63) is 77.5 Å². The number of carbonyl (C=O) groups is 4. The van der Waals surface area contributed by atoms with E-state index in [0.717, 1.165) is 5.56 Å². The highest BCUT2D eigenvalue weighted by Gasteiger charge is 2.38. The van der Waals surface area contributed by atoms with Crippen LogP contribution >= 0.6 is 0 Å². The molecule has 1 aliphatic rings. The molecule has 2 aromatic carbocycles. The number of benzene rings is 2. The Labute approximate surface area is 163 Å². The van der Waals surface area contributed by atoms with Gasteiger partial charge in [0.2, 0.25) is 0 Å². The summed E-state index contributed by atoms with van der Waals surface area (Å²) < 4.78 is 5.13. The van der Waals surface area contributed by atoms with Crippen LogP contribution in [0.5, 0.6) is 0 Å². The third-order valence-electron chi connectivity index (χ3n) is 4.14. The Hall–Kier alpha value is -4.27. The van der Waals surface area contributed by atoms with Crippen LogP contribution in [0.25, 0.3) is 11.3 Å². The lowest BCUT2D eigenvalue weighted by molar-refractivity contribution is -0.167. The molecule has 0 aliphatic carbocycles. The zero-order valence-electron chi connectivity index (χ0n) is 14.8. The van der Waals surface area contributed by atoms with E-state index in [4.69, 9.17) is 9.36 Å². The molecule has 1 N–H and O–H groups in total. The topological polar surface area (TPSA) is 119 Å². The molecule has 0 saturated carbocycles. The van der Waals surface area contributed by atoms with Crippen LogP contribution in [0.1, 0.15) is 31.2 Å². The number of carbonyl (C=O) groups excluding carboxylic acids is 4. The van der Waals surface area contributed by atoms with Gasteiger partial charge in [0, 0.05) is 11.6 Å². The average Bonchev–Trinajstić information content (AvgIpc) is 3.33. The van der Waals surface area contributed by atoms with E-state index in [-0.39, 0.29) is 16.8 Å². The predicted molar refractivity (Wildman–Crippen MR) is 97.3 cm³/mol. The van der Waals surface area contributed by atoms with Gasteiger partial charge in [-0.15, -0.1) is 0 Å². The van der Waals surface area contributed by atoms with Gasteiger partial charge in [-0.1, -0.05) is 52.7 Å². The molecule has 144 valence electrons. The van der Waals surface area contributed by atoms with Crippen molar-refractivity contribution >= 4 is 23.7 Å². The fourth-order valence-corrected chi connectivity index (χ4v) is 2.75. The fourth-order valence-electron chi connectivity index (χ4n) is 2.75. The zero-order chi connectivity index (χ0) is 20.4. The van der Waals surface area contributed by atoms with Crippen LogP contribution in [-0.4, -0.2) is 40.5 Å². The summed E-state index contributed by atoms with van der Waals surface area (Å²) in [6.45, 7) is -0.570. The van der Waals surface area contributed by atoms with E-state index in [9.17, 15) is 19.2 Å². The van der Waals surface area contributed by atoms with Crippen molar-refractivity contribution in [1.29, 1.82) is 0 Å². The van der Waals surface area contributed by atoms with Crippen LogP contribution in [-0.2, 0) is 9.63 Å². The largest absolute Gasteiger partial charge is 0.355 e. The zero-order valence-corrected chi connectivity index (χ0v) is 14.8. The smallest absolute Gasteiger partial charge is 0.352 e. The van der Waals surface area contributed by atoms with Crippen LogP contribution in [0.4, 0.5) is 0 Å². The van der Waals surface area contributed by atoms with Gasteiger partial charge in [-0.3, -0.25) is 14.4 Å². The number of imide groups is 1. The van der Waals surface area contributed by atoms with Crippen molar-refractivity contribution in [3.8, 4) is 11.3 Å². The SMILES string of the molecule is O=C(CNC(=O)c1cc(-c2ccccc2)on1)ON1C(=O)c2ccccc2C1=O. The summed E-state index contributed by atoms with van der Waals surface area (Å²) >= 11 is 0. The van der Waals surface area contributed by atoms with E-state index in [1.807, 2.05) is 18.2 Å². The highest BCUT2D eigenvalue weighted by atomic mass is 16.7. The van der Waals surface area contributed by atoms with Crippen LogP contribution in [0.2, 0.25) is 0 Å². The minimum absolute atomic E-state index is 0.0302. The molecule has 0 atom stereocenters. The monoisotopic (exact) mass is 391 g/mol. The van der Waals surface area contributed by atoms with Crippen molar-refractivity contribution in [2.75, 3.05) is 6.54 Å². The summed E-state index contributed by atoms with van der Waals surface area (Å²) in [6, 6.07) is 16.6. The fraction of sp³-hybridized carbons (Fsp3) is 0.0500. The molecule has 2 heterocycles. The Morgan fingerprint density at radius 1 is 0.966 bits per heavy atom. The molecule has 0 spiro atoms. The van der Waals surface area contributed by atoms with E-state index in [1.165, 1.54) is 18.2 Å². The molecular formula is C20H13N3O6. The van der Waals surface area contributed by atoms with Gasteiger partial charge in [0.15, 0.2) is 11.5 Å². The Balaban J connectivity index is 1.35. The number of hydroxylamine groups is 2. The maximum atomic E-state index is 12.2. The van der Waals surface area contributed by atoms with E-state index >= 15 is 0 Å². The second kappa shape index (κ2) is 7.39. The average molecular weight is 391 g/mol. The van der Waals surface area contributed by atoms with Crippen molar-refractivity contribution in [2.24, 2.45) is 0 Å². The van der Waals surface area contributed by atoms with Gasteiger partial charge in [-0.2, -0.15) is 0 Å². The second-order valence-electron chi connectivity index (χ2n) is 6.04. The number of nitrogens with one attached hydrogen (secondary N) is 1. The first-order chi connectivity index (χ1) is 14.0. The standard InChI is InChI=1S/C20H13N3O6/c24-17(29-23-19(26)13-8-4-5-9-14(13)20(23)27)11-21-18(25)15-10-16(28-22-15)12-6-2-1-3-7-12/h1-10H,11H2,(H,21,25). The Kier molecular flexibility index (Phi) is 4.62. The summed E-state index contributed by atoms with van der Waals surface area (Å²) in [6.07, 6.45) is 0. The molecule has 0 radical (unpaired) electrons. The molecule has 0 fully saturated rings. The third kappa shape index (κ3) is 3.48. The van der Waals surface area contributed by atoms with Gasteiger partial charge < -0.3 is 14.7 Å². The first-order valence-electron chi connectivity index (χ1n) is 8.53. The van der Waals surface area contributed by atoms with Crippen LogP contribution < -0.4 is 5.32 Å². The van der Waals surface area contributed by atoms with E-state index in [1.54, 1.807) is 24.3 Å². The van der Waals surface area contributed by atoms with Crippen LogP contribution in [0, 0.1) is 0 Å². The number of amides is 3. The van der Waals surface area contributed by atoms with E-state index < -0.39 is 30.2 Å². The number of aromatic nitrogens is 1. The van der Waals surface area contributed by atoms with E-state index in [0.29, 0.717) is 10.8 Å². The highest BCUT2D eigenvalue weighted by molar-refractivity contribution is 6.20. The molecule has 4 rings (SSSR count).